The number of pyridine rings is 2. The summed E-state index contributed by atoms with van der Waals surface area (Å²) in [7, 11) is 0. The molecule has 0 saturated carbocycles. The van der Waals surface area contributed by atoms with Gasteiger partial charge in [0.05, 0.1) is 19.6 Å². The van der Waals surface area contributed by atoms with Gasteiger partial charge in [-0.05, 0) is 31.0 Å². The third-order valence-electron chi connectivity index (χ3n) is 6.22. The quantitative estimate of drug-likeness (QED) is 0.524. The lowest BCUT2D eigenvalue weighted by Crippen LogP contribution is -2.55. The maximum atomic E-state index is 13.1. The molecule has 0 aromatic carbocycles. The average molecular weight is 442 g/mol. The lowest BCUT2D eigenvalue weighted by Gasteiger charge is -2.42. The van der Waals surface area contributed by atoms with Gasteiger partial charge >= 0.3 is 0 Å². The Labute approximate surface area is 183 Å². The fourth-order valence-corrected chi connectivity index (χ4v) is 4.76. The molecule has 8 nitrogen and oxygen atoms in total. The zero-order valence-corrected chi connectivity index (χ0v) is 17.5. The molecule has 0 N–H and O–H groups in total. The van der Waals surface area contributed by atoms with Crippen molar-refractivity contribution in [2.75, 3.05) is 24.6 Å². The van der Waals surface area contributed by atoms with E-state index >= 15 is 0 Å². The first-order chi connectivity index (χ1) is 15.6. The number of likely N-dealkylation sites (tertiary alicyclic amines) is 1. The van der Waals surface area contributed by atoms with Gasteiger partial charge < -0.3 is 14.5 Å². The molecular formula is C22H24F2N6O2. The highest BCUT2D eigenvalue weighted by Gasteiger charge is 2.41. The van der Waals surface area contributed by atoms with Crippen LogP contribution in [0.2, 0.25) is 0 Å². The Morgan fingerprint density at radius 3 is 2.78 bits per heavy atom. The minimum atomic E-state index is -2.59. The van der Waals surface area contributed by atoms with Crippen molar-refractivity contribution < 1.29 is 18.3 Å². The molecule has 0 radical (unpaired) electrons. The van der Waals surface area contributed by atoms with Crippen LogP contribution in [0.4, 0.5) is 14.5 Å². The number of rotatable bonds is 7. The number of carbonyl (C=O) groups excluding carboxylic acids is 1. The molecule has 1 amide bonds. The second-order valence-electron chi connectivity index (χ2n) is 8.19. The summed E-state index contributed by atoms with van der Waals surface area (Å²) in [6, 6.07) is 7.33. The standard InChI is InChI=1S/C22H24F2N6O2/c23-21(24)19-10-16(5-7-25-19)30-17-3-4-18(30)12-28(11-17)20(31)6-9-32-13-15-2-1-8-29-22(15)26-14-27-29/h1-2,5,7-8,10,14,17-18,21H,3-4,6,9,11-13H2. The van der Waals surface area contributed by atoms with Crippen molar-refractivity contribution in [3.8, 4) is 0 Å². The predicted molar refractivity (Wildman–Crippen MR) is 112 cm³/mol. The minimum Gasteiger partial charge on any atom is -0.376 e. The number of carbonyl (C=O) groups is 1. The monoisotopic (exact) mass is 442 g/mol. The molecular weight excluding hydrogens is 418 g/mol. The zero-order valence-electron chi connectivity index (χ0n) is 17.5. The van der Waals surface area contributed by atoms with Crippen molar-refractivity contribution in [2.24, 2.45) is 0 Å². The van der Waals surface area contributed by atoms with Crippen molar-refractivity contribution in [1.29, 1.82) is 0 Å². The highest BCUT2D eigenvalue weighted by molar-refractivity contribution is 5.77. The number of hydrogen-bond acceptors (Lipinski definition) is 6. The van der Waals surface area contributed by atoms with Gasteiger partial charge in [-0.25, -0.2) is 18.3 Å². The molecule has 3 aromatic heterocycles. The maximum Gasteiger partial charge on any atom is 0.280 e. The molecule has 2 fully saturated rings. The fourth-order valence-electron chi connectivity index (χ4n) is 4.76. The molecule has 2 atom stereocenters. The minimum absolute atomic E-state index is 0.0604. The molecule has 3 aromatic rings. The molecule has 2 bridgehead atoms. The second kappa shape index (κ2) is 8.78. The summed E-state index contributed by atoms with van der Waals surface area (Å²) < 4.78 is 33.5. The Hall–Kier alpha value is -3.14. The van der Waals surface area contributed by atoms with E-state index in [1.165, 1.54) is 18.6 Å². The molecule has 10 heteroatoms. The van der Waals surface area contributed by atoms with Crippen LogP contribution in [0.25, 0.3) is 5.65 Å². The molecule has 0 aliphatic carbocycles. The molecule has 32 heavy (non-hydrogen) atoms. The van der Waals surface area contributed by atoms with Crippen LogP contribution in [0.15, 0.2) is 43.0 Å². The molecule has 5 rings (SSSR count). The van der Waals surface area contributed by atoms with Gasteiger partial charge in [-0.1, -0.05) is 6.07 Å². The molecule has 2 unspecified atom stereocenters. The fraction of sp³-hybridized carbons (Fsp3) is 0.455. The molecule has 0 spiro atoms. The average Bonchev–Trinajstić information content (AvgIpc) is 3.39. The van der Waals surface area contributed by atoms with Gasteiger partial charge in [0.2, 0.25) is 5.91 Å². The topological polar surface area (TPSA) is 75.9 Å². The number of aromatic nitrogens is 4. The number of piperazine rings is 1. The summed E-state index contributed by atoms with van der Waals surface area (Å²) >= 11 is 0. The van der Waals surface area contributed by atoms with Crippen molar-refractivity contribution in [3.05, 3.63) is 54.2 Å². The third kappa shape index (κ3) is 4.02. The summed E-state index contributed by atoms with van der Waals surface area (Å²) in [5.41, 5.74) is 2.22. The molecule has 2 aliphatic heterocycles. The number of nitrogens with zero attached hydrogens (tertiary/aromatic N) is 6. The Morgan fingerprint density at radius 1 is 1.19 bits per heavy atom. The summed E-state index contributed by atoms with van der Waals surface area (Å²) in [5.74, 6) is 0.0604. The van der Waals surface area contributed by atoms with Crippen LogP contribution in [0, 0.1) is 0 Å². The number of fused-ring (bicyclic) bond motifs is 3. The van der Waals surface area contributed by atoms with Gasteiger partial charge in [-0.3, -0.25) is 9.78 Å². The Kier molecular flexibility index (Phi) is 5.69. The first-order valence-electron chi connectivity index (χ1n) is 10.8. The van der Waals surface area contributed by atoms with Gasteiger partial charge in [0.25, 0.3) is 6.43 Å². The summed E-state index contributed by atoms with van der Waals surface area (Å²) in [6.07, 6.45) is 4.36. The lowest BCUT2D eigenvalue weighted by molar-refractivity contribution is -0.133. The Balaban J connectivity index is 1.15. The van der Waals surface area contributed by atoms with Crippen LogP contribution >= 0.6 is 0 Å². The van der Waals surface area contributed by atoms with Crippen molar-refractivity contribution in [1.82, 2.24) is 24.5 Å². The van der Waals surface area contributed by atoms with Crippen LogP contribution in [0.5, 0.6) is 0 Å². The van der Waals surface area contributed by atoms with E-state index in [4.69, 9.17) is 4.74 Å². The van der Waals surface area contributed by atoms with Crippen LogP contribution in [0.1, 0.15) is 36.9 Å². The van der Waals surface area contributed by atoms with Gasteiger partial charge in [-0.2, -0.15) is 5.10 Å². The highest BCUT2D eigenvalue weighted by Crippen LogP contribution is 2.36. The van der Waals surface area contributed by atoms with Gasteiger partial charge in [-0.15, -0.1) is 0 Å². The van der Waals surface area contributed by atoms with E-state index in [0.717, 1.165) is 29.7 Å². The van der Waals surface area contributed by atoms with Crippen LogP contribution in [-0.2, 0) is 16.1 Å². The van der Waals surface area contributed by atoms with E-state index in [0.29, 0.717) is 32.7 Å². The van der Waals surface area contributed by atoms with E-state index in [-0.39, 0.29) is 23.7 Å². The first kappa shape index (κ1) is 20.7. The smallest absolute Gasteiger partial charge is 0.280 e. The normalized spacial score (nSPS) is 20.5. The van der Waals surface area contributed by atoms with Crippen molar-refractivity contribution in [3.63, 3.8) is 0 Å². The van der Waals surface area contributed by atoms with E-state index in [9.17, 15) is 13.6 Å². The maximum absolute atomic E-state index is 13.1. The number of ether oxygens (including phenoxy) is 1. The largest absolute Gasteiger partial charge is 0.376 e. The zero-order chi connectivity index (χ0) is 22.1. The number of amides is 1. The van der Waals surface area contributed by atoms with Crippen LogP contribution < -0.4 is 4.90 Å². The van der Waals surface area contributed by atoms with Gasteiger partial charge in [0.1, 0.15) is 12.0 Å². The predicted octanol–water partition coefficient (Wildman–Crippen LogP) is 2.85. The van der Waals surface area contributed by atoms with Gasteiger partial charge in [0.15, 0.2) is 5.65 Å². The van der Waals surface area contributed by atoms with E-state index in [2.05, 4.69) is 20.0 Å². The van der Waals surface area contributed by atoms with E-state index in [1.807, 2.05) is 23.2 Å². The summed E-state index contributed by atoms with van der Waals surface area (Å²) in [5, 5.41) is 4.10. The first-order valence-corrected chi connectivity index (χ1v) is 10.8. The number of hydrogen-bond donors (Lipinski definition) is 0. The number of anilines is 1. The Morgan fingerprint density at radius 2 is 2.00 bits per heavy atom. The van der Waals surface area contributed by atoms with Gasteiger partial charge in [0, 0.05) is 48.8 Å². The second-order valence-corrected chi connectivity index (χ2v) is 8.19. The third-order valence-corrected chi connectivity index (χ3v) is 6.22. The molecule has 2 saturated heterocycles. The molecule has 168 valence electrons. The summed E-state index contributed by atoms with van der Waals surface area (Å²) in [4.78, 5) is 24.8. The van der Waals surface area contributed by atoms with Crippen molar-refractivity contribution in [2.45, 2.75) is 44.4 Å². The van der Waals surface area contributed by atoms with Crippen LogP contribution in [0.3, 0.4) is 0 Å². The van der Waals surface area contributed by atoms with E-state index < -0.39 is 6.43 Å². The SMILES string of the molecule is O=C(CCOCc1cccn2ncnc12)N1CC2CCC(C1)N2c1ccnc(C(F)F)c1. The Bertz CT molecular complexity index is 1090. The lowest BCUT2D eigenvalue weighted by atomic mass is 10.1. The summed E-state index contributed by atoms with van der Waals surface area (Å²) in [6.45, 7) is 1.89. The van der Waals surface area contributed by atoms with Crippen molar-refractivity contribution >= 4 is 17.2 Å². The molecule has 2 aliphatic rings. The van der Waals surface area contributed by atoms with Crippen LogP contribution in [-0.4, -0.2) is 62.2 Å². The highest BCUT2D eigenvalue weighted by atomic mass is 19.3. The number of halogens is 2. The van der Waals surface area contributed by atoms with E-state index in [1.54, 1.807) is 10.6 Å². The molecule has 5 heterocycles. The number of alkyl halides is 2.